The van der Waals surface area contributed by atoms with Gasteiger partial charge in [0, 0.05) is 29.7 Å². The number of alkyl halides is 3. The minimum Gasteiger partial charge on any atom is -0.482 e. The summed E-state index contributed by atoms with van der Waals surface area (Å²) >= 11 is 0. The molecule has 0 aliphatic carbocycles. The zero-order valence-electron chi connectivity index (χ0n) is 18.3. The number of fused-ring (bicyclic) bond motifs is 2. The number of nitrogens with one attached hydrogen (secondary N) is 2. The number of ether oxygens (including phenoxy) is 2. The molecule has 4 heterocycles. The van der Waals surface area contributed by atoms with Crippen molar-refractivity contribution in [3.05, 3.63) is 59.3 Å². The molecule has 5 rings (SSSR count). The lowest BCUT2D eigenvalue weighted by Crippen LogP contribution is -2.20. The highest BCUT2D eigenvalue weighted by Gasteiger charge is 2.38. The van der Waals surface area contributed by atoms with Crippen molar-refractivity contribution in [3.8, 4) is 17.2 Å². The highest BCUT2D eigenvalue weighted by atomic mass is 19.4. The Hall–Kier alpha value is -3.56. The van der Waals surface area contributed by atoms with E-state index in [9.17, 15) is 18.0 Å². The fourth-order valence-electron chi connectivity index (χ4n) is 3.85. The molecule has 33 heavy (non-hydrogen) atoms. The maximum absolute atomic E-state index is 12.9. The van der Waals surface area contributed by atoms with Gasteiger partial charge in [0.1, 0.15) is 34.6 Å². The molecule has 2 atom stereocenters. The van der Waals surface area contributed by atoms with Gasteiger partial charge in [-0.3, -0.25) is 4.79 Å². The molecule has 0 saturated heterocycles. The second kappa shape index (κ2) is 8.76. The molecule has 3 aromatic rings. The van der Waals surface area contributed by atoms with Gasteiger partial charge in [-0.15, -0.1) is 0 Å². The van der Waals surface area contributed by atoms with Gasteiger partial charge in [0.15, 0.2) is 6.10 Å². The minimum atomic E-state index is -4.50. The van der Waals surface area contributed by atoms with Crippen LogP contribution in [0.1, 0.15) is 61.9 Å². The normalized spacial score (nSPS) is 18.9. The van der Waals surface area contributed by atoms with Crippen molar-refractivity contribution in [1.82, 2.24) is 15.0 Å². The van der Waals surface area contributed by atoms with Crippen molar-refractivity contribution in [2.45, 2.75) is 51.8 Å². The minimum absolute atomic E-state index is 0.0849. The first-order chi connectivity index (χ1) is 15.8. The number of hydrogen-bond acceptors (Lipinski definition) is 5. The van der Waals surface area contributed by atoms with Gasteiger partial charge >= 0.3 is 6.18 Å². The van der Waals surface area contributed by atoms with E-state index in [0.29, 0.717) is 35.9 Å². The lowest BCUT2D eigenvalue weighted by atomic mass is 9.97. The highest BCUT2D eigenvalue weighted by molar-refractivity contribution is 5.93. The van der Waals surface area contributed by atoms with Crippen molar-refractivity contribution < 1.29 is 27.4 Å². The quantitative estimate of drug-likeness (QED) is 0.519. The second-order valence-electron chi connectivity index (χ2n) is 7.49. The van der Waals surface area contributed by atoms with Crippen LogP contribution in [0.3, 0.4) is 0 Å². The van der Waals surface area contributed by atoms with Crippen molar-refractivity contribution in [2.75, 3.05) is 5.32 Å². The van der Waals surface area contributed by atoms with Gasteiger partial charge in [0.25, 0.3) is 0 Å². The Balaban J connectivity index is 0.00000126. The summed E-state index contributed by atoms with van der Waals surface area (Å²) in [4.78, 5) is 22.0. The van der Waals surface area contributed by atoms with Crippen LogP contribution in [0.15, 0.2) is 36.7 Å². The van der Waals surface area contributed by atoms with E-state index in [0.717, 1.165) is 17.3 Å². The van der Waals surface area contributed by atoms with Crippen molar-refractivity contribution in [3.63, 3.8) is 0 Å². The van der Waals surface area contributed by atoms with Crippen LogP contribution in [0.5, 0.6) is 17.2 Å². The van der Waals surface area contributed by atoms with E-state index < -0.39 is 18.0 Å². The van der Waals surface area contributed by atoms with Crippen LogP contribution in [0.4, 0.5) is 19.0 Å². The van der Waals surface area contributed by atoms with Gasteiger partial charge in [-0.2, -0.15) is 13.2 Å². The van der Waals surface area contributed by atoms with E-state index in [-0.39, 0.29) is 17.6 Å². The van der Waals surface area contributed by atoms with E-state index >= 15 is 0 Å². The van der Waals surface area contributed by atoms with Crippen LogP contribution >= 0.6 is 0 Å². The summed E-state index contributed by atoms with van der Waals surface area (Å²) in [5, 5.41) is 2.73. The van der Waals surface area contributed by atoms with Gasteiger partial charge in [0.2, 0.25) is 5.91 Å². The molecule has 2 N–H and O–H groups in total. The first-order valence-corrected chi connectivity index (χ1v) is 10.7. The number of aromatic amines is 1. The molecule has 174 valence electrons. The molecule has 10 heteroatoms. The fraction of sp³-hybridized carbons (Fsp3) is 0.348. The summed E-state index contributed by atoms with van der Waals surface area (Å²) < 4.78 is 50.6. The van der Waals surface area contributed by atoms with Crippen molar-refractivity contribution >= 4 is 11.7 Å². The Labute approximate surface area is 188 Å². The highest BCUT2D eigenvalue weighted by Crippen LogP contribution is 2.47. The van der Waals surface area contributed by atoms with E-state index in [1.807, 2.05) is 26.8 Å². The Bertz CT molecular complexity index is 1180. The Morgan fingerprint density at radius 2 is 1.94 bits per heavy atom. The van der Waals surface area contributed by atoms with E-state index in [1.54, 1.807) is 24.4 Å². The van der Waals surface area contributed by atoms with Crippen LogP contribution in [0.25, 0.3) is 0 Å². The number of pyridine rings is 1. The number of rotatable bonds is 3. The molecule has 7 nitrogen and oxygen atoms in total. The fourth-order valence-corrected chi connectivity index (χ4v) is 3.85. The maximum Gasteiger partial charge on any atom is 0.432 e. The average molecular weight is 460 g/mol. The molecule has 2 aliphatic rings. The molecule has 2 aliphatic heterocycles. The van der Waals surface area contributed by atoms with Crippen LogP contribution in [-0.4, -0.2) is 20.9 Å². The van der Waals surface area contributed by atoms with Crippen molar-refractivity contribution in [1.29, 1.82) is 0 Å². The maximum atomic E-state index is 12.9. The lowest BCUT2D eigenvalue weighted by molar-refractivity contribution is -0.141. The lowest BCUT2D eigenvalue weighted by Gasteiger charge is -2.19. The number of H-pyrrole nitrogens is 1. The number of nitrogens with zero attached hydrogens (tertiary/aromatic N) is 2. The number of aromatic nitrogens is 3. The third-order valence-electron chi connectivity index (χ3n) is 5.45. The number of imidazole rings is 1. The molecular formula is C23H23F3N4O3. The van der Waals surface area contributed by atoms with Gasteiger partial charge in [-0.1, -0.05) is 20.8 Å². The van der Waals surface area contributed by atoms with Crippen LogP contribution in [0.2, 0.25) is 0 Å². The molecule has 1 amide bonds. The summed E-state index contributed by atoms with van der Waals surface area (Å²) in [6, 6.07) is 6.99. The Kier molecular flexibility index (Phi) is 6.01. The molecule has 0 saturated carbocycles. The zero-order chi connectivity index (χ0) is 23.8. The van der Waals surface area contributed by atoms with E-state index in [4.69, 9.17) is 9.47 Å². The molecular weight excluding hydrogens is 437 g/mol. The van der Waals surface area contributed by atoms with Gasteiger partial charge in [-0.05, 0) is 30.7 Å². The number of benzene rings is 1. The van der Waals surface area contributed by atoms with Gasteiger partial charge in [0.05, 0.1) is 6.20 Å². The third kappa shape index (κ3) is 4.37. The largest absolute Gasteiger partial charge is 0.482 e. The van der Waals surface area contributed by atoms with Crippen LogP contribution in [-0.2, 0) is 17.4 Å². The van der Waals surface area contributed by atoms with Gasteiger partial charge in [-0.25, -0.2) is 9.97 Å². The molecule has 0 radical (unpaired) electrons. The van der Waals surface area contributed by atoms with Gasteiger partial charge < -0.3 is 19.8 Å². The molecule has 0 bridgehead atoms. The first kappa shape index (κ1) is 22.6. The standard InChI is InChI=1S/C21H17F3N4O3.C2H6/c1-10-13-8-11(30-15-6-7-25-19-12(15)3-5-17(29)28-19)2-4-14(13)31-18(10)20-26-9-16(27-20)21(22,23)24;1-2/h2,4,6-10,18H,3,5H2,1H3,(H,26,27)(H,25,28,29);1-2H3. The smallest absolute Gasteiger partial charge is 0.432 e. The van der Waals surface area contributed by atoms with Crippen molar-refractivity contribution in [2.24, 2.45) is 0 Å². The first-order valence-electron chi connectivity index (χ1n) is 10.7. The van der Waals surface area contributed by atoms with Crippen LogP contribution < -0.4 is 14.8 Å². The molecule has 1 aromatic carbocycles. The zero-order valence-corrected chi connectivity index (χ0v) is 18.3. The number of amides is 1. The monoisotopic (exact) mass is 460 g/mol. The number of hydrogen-bond donors (Lipinski definition) is 2. The number of halogens is 3. The predicted molar refractivity (Wildman–Crippen MR) is 114 cm³/mol. The molecule has 2 unspecified atom stereocenters. The van der Waals surface area contributed by atoms with Crippen LogP contribution in [0, 0.1) is 0 Å². The van der Waals surface area contributed by atoms with E-state index in [2.05, 4.69) is 20.3 Å². The Morgan fingerprint density at radius 1 is 1.15 bits per heavy atom. The summed E-state index contributed by atoms with van der Waals surface area (Å²) in [6.07, 6.45) is -1.95. The topological polar surface area (TPSA) is 89.1 Å². The molecule has 0 spiro atoms. The summed E-state index contributed by atoms with van der Waals surface area (Å²) in [7, 11) is 0. The molecule has 0 fully saturated rings. The Morgan fingerprint density at radius 3 is 2.67 bits per heavy atom. The average Bonchev–Trinajstić information content (AvgIpc) is 3.40. The summed E-state index contributed by atoms with van der Waals surface area (Å²) in [6.45, 7) is 5.86. The number of carbonyl (C=O) groups excluding carboxylic acids is 1. The third-order valence-corrected chi connectivity index (χ3v) is 5.45. The predicted octanol–water partition coefficient (Wildman–Crippen LogP) is 5.76. The number of anilines is 1. The summed E-state index contributed by atoms with van der Waals surface area (Å²) in [5.41, 5.74) is 0.719. The summed E-state index contributed by atoms with van der Waals surface area (Å²) in [5.74, 6) is 2.00. The SMILES string of the molecule is CC.CC1c2cc(Oc3ccnc4c3CCC(=O)N4)ccc2OC1c1ncc(C(F)(F)F)[nH]1. The molecule has 2 aromatic heterocycles. The number of carbonyl (C=O) groups is 1. The second-order valence-corrected chi connectivity index (χ2v) is 7.49. The van der Waals surface area contributed by atoms with E-state index in [1.165, 1.54) is 0 Å².